The van der Waals surface area contributed by atoms with E-state index in [9.17, 15) is 8.78 Å². The number of hydrogen-bond donors (Lipinski definition) is 0. The average molecular weight is 377 g/mol. The number of nitrogens with zero attached hydrogens (tertiary/aromatic N) is 2. The Balaban J connectivity index is 2.39. The van der Waals surface area contributed by atoms with Crippen molar-refractivity contribution in [1.29, 1.82) is 0 Å². The molecular weight excluding hydrogens is 362 g/mol. The van der Waals surface area contributed by atoms with Crippen LogP contribution in [0.5, 0.6) is 11.5 Å². The molecular formula is C19H15ClF2N2O2. The third-order valence-corrected chi connectivity index (χ3v) is 4.22. The van der Waals surface area contributed by atoms with Crippen molar-refractivity contribution >= 4 is 11.6 Å². The number of halogens is 3. The summed E-state index contributed by atoms with van der Waals surface area (Å²) in [5, 5.41) is 7.85. The fourth-order valence-electron chi connectivity index (χ4n) is 2.76. The summed E-state index contributed by atoms with van der Waals surface area (Å²) < 4.78 is 39.5. The van der Waals surface area contributed by atoms with Crippen LogP contribution in [0.15, 0.2) is 36.4 Å². The molecule has 0 aliphatic carbocycles. The lowest BCUT2D eigenvalue weighted by Crippen LogP contribution is -2.01. The van der Waals surface area contributed by atoms with Gasteiger partial charge in [-0.15, -0.1) is 5.10 Å². The second-order valence-corrected chi connectivity index (χ2v) is 5.88. The van der Waals surface area contributed by atoms with Crippen molar-refractivity contribution in [1.82, 2.24) is 10.2 Å². The molecule has 3 aromatic rings. The normalized spacial score (nSPS) is 10.7. The van der Waals surface area contributed by atoms with E-state index in [4.69, 9.17) is 21.1 Å². The fourth-order valence-corrected chi connectivity index (χ4v) is 3.00. The van der Waals surface area contributed by atoms with Crippen molar-refractivity contribution in [2.75, 3.05) is 14.2 Å². The highest BCUT2D eigenvalue weighted by atomic mass is 35.5. The zero-order valence-electron chi connectivity index (χ0n) is 14.3. The molecule has 1 aromatic heterocycles. The van der Waals surface area contributed by atoms with E-state index in [-0.39, 0.29) is 16.3 Å². The van der Waals surface area contributed by atoms with Crippen LogP contribution >= 0.6 is 11.6 Å². The van der Waals surface area contributed by atoms with E-state index in [1.165, 1.54) is 32.4 Å². The second kappa shape index (κ2) is 7.25. The fraction of sp³-hybridized carbons (Fsp3) is 0.158. The van der Waals surface area contributed by atoms with Gasteiger partial charge in [0, 0.05) is 17.2 Å². The minimum Gasteiger partial charge on any atom is -0.497 e. The summed E-state index contributed by atoms with van der Waals surface area (Å²) in [4.78, 5) is 0. The third-order valence-electron chi connectivity index (χ3n) is 3.96. The molecule has 0 unspecified atom stereocenters. The first-order valence-electron chi connectivity index (χ1n) is 7.66. The van der Waals surface area contributed by atoms with Gasteiger partial charge in [0.25, 0.3) is 0 Å². The first kappa shape index (κ1) is 18.1. The Morgan fingerprint density at radius 2 is 1.42 bits per heavy atom. The zero-order valence-corrected chi connectivity index (χ0v) is 15.1. The SMILES string of the molecule is COc1cc(OC)cc(-c2c(Cl)nnc(C)c2-c2c(F)cccc2F)c1. The lowest BCUT2D eigenvalue weighted by Gasteiger charge is -2.16. The lowest BCUT2D eigenvalue weighted by atomic mass is 9.94. The van der Waals surface area contributed by atoms with Crippen molar-refractivity contribution < 1.29 is 18.3 Å². The number of aryl methyl sites for hydroxylation is 1. The molecule has 4 nitrogen and oxygen atoms in total. The van der Waals surface area contributed by atoms with E-state index < -0.39 is 11.6 Å². The summed E-state index contributed by atoms with van der Waals surface area (Å²) in [6, 6.07) is 8.72. The van der Waals surface area contributed by atoms with Crippen LogP contribution in [-0.2, 0) is 0 Å². The van der Waals surface area contributed by atoms with Crippen LogP contribution in [0.2, 0.25) is 5.15 Å². The molecule has 1 heterocycles. The summed E-state index contributed by atoms with van der Waals surface area (Å²) in [5.74, 6) is -0.420. The van der Waals surface area contributed by atoms with Gasteiger partial charge in [-0.1, -0.05) is 17.7 Å². The lowest BCUT2D eigenvalue weighted by molar-refractivity contribution is 0.394. The number of rotatable bonds is 4. The van der Waals surface area contributed by atoms with Gasteiger partial charge in [-0.05, 0) is 36.8 Å². The van der Waals surface area contributed by atoms with Gasteiger partial charge in [-0.2, -0.15) is 5.10 Å². The van der Waals surface area contributed by atoms with Crippen LogP contribution in [0.4, 0.5) is 8.78 Å². The maximum absolute atomic E-state index is 14.5. The smallest absolute Gasteiger partial charge is 0.160 e. The van der Waals surface area contributed by atoms with Gasteiger partial charge in [-0.25, -0.2) is 8.78 Å². The first-order valence-corrected chi connectivity index (χ1v) is 8.04. The molecule has 26 heavy (non-hydrogen) atoms. The van der Waals surface area contributed by atoms with Crippen LogP contribution in [0.3, 0.4) is 0 Å². The summed E-state index contributed by atoms with van der Waals surface area (Å²) >= 11 is 6.28. The Bertz CT molecular complexity index is 937. The van der Waals surface area contributed by atoms with Gasteiger partial charge in [0.15, 0.2) is 5.15 Å². The van der Waals surface area contributed by atoms with Crippen molar-refractivity contribution in [3.63, 3.8) is 0 Å². The molecule has 0 aliphatic rings. The minimum absolute atomic E-state index is 0.0172. The predicted molar refractivity (Wildman–Crippen MR) is 95.7 cm³/mol. The number of hydrogen-bond acceptors (Lipinski definition) is 4. The highest BCUT2D eigenvalue weighted by Crippen LogP contribution is 2.42. The van der Waals surface area contributed by atoms with E-state index in [0.717, 1.165) is 0 Å². The highest BCUT2D eigenvalue weighted by Gasteiger charge is 2.23. The molecule has 0 radical (unpaired) electrons. The molecule has 134 valence electrons. The maximum atomic E-state index is 14.5. The Kier molecular flexibility index (Phi) is 5.04. The Morgan fingerprint density at radius 3 is 1.96 bits per heavy atom. The van der Waals surface area contributed by atoms with Crippen LogP contribution < -0.4 is 9.47 Å². The molecule has 3 rings (SSSR count). The number of methoxy groups -OCH3 is 2. The second-order valence-electron chi connectivity index (χ2n) is 5.52. The summed E-state index contributed by atoms with van der Waals surface area (Å²) in [6.07, 6.45) is 0. The molecule has 0 fully saturated rings. The van der Waals surface area contributed by atoms with Gasteiger partial charge < -0.3 is 9.47 Å². The molecule has 2 aromatic carbocycles. The largest absolute Gasteiger partial charge is 0.497 e. The molecule has 0 N–H and O–H groups in total. The maximum Gasteiger partial charge on any atom is 0.160 e. The summed E-state index contributed by atoms with van der Waals surface area (Å²) in [5.41, 5.74) is 1.26. The van der Waals surface area contributed by atoms with Crippen molar-refractivity contribution in [3.8, 4) is 33.8 Å². The van der Waals surface area contributed by atoms with Gasteiger partial charge in [0.05, 0.1) is 25.5 Å². The molecule has 7 heteroatoms. The van der Waals surface area contributed by atoms with E-state index in [1.807, 2.05) is 0 Å². The van der Waals surface area contributed by atoms with E-state index in [2.05, 4.69) is 10.2 Å². The van der Waals surface area contributed by atoms with Crippen LogP contribution in [0.1, 0.15) is 5.69 Å². The molecule has 0 saturated carbocycles. The number of ether oxygens (including phenoxy) is 2. The van der Waals surface area contributed by atoms with Gasteiger partial charge in [0.2, 0.25) is 0 Å². The third kappa shape index (κ3) is 3.20. The predicted octanol–water partition coefficient (Wildman–Crippen LogP) is 5.07. The molecule has 0 amide bonds. The van der Waals surface area contributed by atoms with Gasteiger partial charge in [0.1, 0.15) is 23.1 Å². The van der Waals surface area contributed by atoms with Crippen LogP contribution in [0, 0.1) is 18.6 Å². The topological polar surface area (TPSA) is 44.2 Å². The minimum atomic E-state index is -0.715. The zero-order chi connectivity index (χ0) is 18.8. The first-order chi connectivity index (χ1) is 12.5. The quantitative estimate of drug-likeness (QED) is 0.637. The van der Waals surface area contributed by atoms with Crippen LogP contribution in [-0.4, -0.2) is 24.4 Å². The number of aromatic nitrogens is 2. The summed E-state index contributed by atoms with van der Waals surface area (Å²) in [7, 11) is 3.02. The average Bonchev–Trinajstić information content (AvgIpc) is 2.63. The van der Waals surface area contributed by atoms with Gasteiger partial charge >= 0.3 is 0 Å². The molecule has 0 atom stereocenters. The standard InChI is InChI=1S/C19H15ClF2N2O2/c1-10-16(18-14(21)5-4-6-15(18)22)17(19(20)24-23-10)11-7-12(25-2)9-13(8-11)26-3/h4-9H,1-3H3. The van der Waals surface area contributed by atoms with Gasteiger partial charge in [-0.3, -0.25) is 0 Å². The van der Waals surface area contributed by atoms with Crippen LogP contribution in [0.25, 0.3) is 22.3 Å². The van der Waals surface area contributed by atoms with Crippen molar-refractivity contribution in [3.05, 3.63) is 58.9 Å². The van der Waals surface area contributed by atoms with E-state index >= 15 is 0 Å². The molecule has 0 spiro atoms. The molecule has 0 bridgehead atoms. The monoisotopic (exact) mass is 376 g/mol. The van der Waals surface area contributed by atoms with E-state index in [1.54, 1.807) is 25.1 Å². The highest BCUT2D eigenvalue weighted by molar-refractivity contribution is 6.32. The Hall–Kier alpha value is -2.73. The Morgan fingerprint density at radius 1 is 0.846 bits per heavy atom. The van der Waals surface area contributed by atoms with E-state index in [0.29, 0.717) is 28.3 Å². The number of benzene rings is 2. The molecule has 0 saturated heterocycles. The van der Waals surface area contributed by atoms with Crippen molar-refractivity contribution in [2.24, 2.45) is 0 Å². The Labute approximate surface area is 154 Å². The summed E-state index contributed by atoms with van der Waals surface area (Å²) in [6.45, 7) is 1.62. The van der Waals surface area contributed by atoms with Crippen molar-refractivity contribution in [2.45, 2.75) is 6.92 Å². The molecule has 0 aliphatic heterocycles.